The van der Waals surface area contributed by atoms with Crippen LogP contribution in [0.15, 0.2) is 0 Å². The number of amides is 1. The van der Waals surface area contributed by atoms with Crippen molar-refractivity contribution in [3.8, 4) is 0 Å². The molecule has 0 aromatic carbocycles. The highest BCUT2D eigenvalue weighted by Gasteiger charge is 2.21. The molecular formula is C13H20N2O5. The van der Waals surface area contributed by atoms with Crippen molar-refractivity contribution in [3.63, 3.8) is 0 Å². The predicted molar refractivity (Wildman–Crippen MR) is 72.3 cm³/mol. The van der Waals surface area contributed by atoms with Crippen LogP contribution in [0.5, 0.6) is 0 Å². The second kappa shape index (κ2) is 7.66. The van der Waals surface area contributed by atoms with Crippen LogP contribution in [-0.4, -0.2) is 55.4 Å². The lowest BCUT2D eigenvalue weighted by atomic mass is 10.1. The summed E-state index contributed by atoms with van der Waals surface area (Å²) < 4.78 is 10.0. The Labute approximate surface area is 117 Å². The van der Waals surface area contributed by atoms with E-state index in [4.69, 9.17) is 14.6 Å². The molecule has 20 heavy (non-hydrogen) atoms. The molecule has 1 aromatic heterocycles. The molecule has 1 rings (SSSR count). The number of H-pyrrole nitrogens is 1. The maximum atomic E-state index is 12.0. The molecule has 1 aromatic rings. The Bertz CT molecular complexity index is 481. The Morgan fingerprint density at radius 3 is 2.50 bits per heavy atom. The van der Waals surface area contributed by atoms with Gasteiger partial charge in [0.15, 0.2) is 0 Å². The van der Waals surface area contributed by atoms with E-state index in [1.54, 1.807) is 21.0 Å². The highest BCUT2D eigenvalue weighted by atomic mass is 16.5. The number of rotatable bonds is 8. The molecule has 1 amide bonds. The van der Waals surface area contributed by atoms with E-state index in [1.165, 1.54) is 0 Å². The minimum atomic E-state index is -1.08. The van der Waals surface area contributed by atoms with Crippen LogP contribution in [0.3, 0.4) is 0 Å². The van der Waals surface area contributed by atoms with Gasteiger partial charge in [0.1, 0.15) is 5.69 Å². The number of hydrogen-bond donors (Lipinski definition) is 3. The quantitative estimate of drug-likeness (QED) is 0.611. The van der Waals surface area contributed by atoms with Gasteiger partial charge in [0.25, 0.3) is 5.91 Å². The molecule has 0 saturated heterocycles. The van der Waals surface area contributed by atoms with Crippen molar-refractivity contribution in [2.24, 2.45) is 0 Å². The van der Waals surface area contributed by atoms with Crippen LogP contribution in [0.2, 0.25) is 0 Å². The van der Waals surface area contributed by atoms with Crippen LogP contribution in [-0.2, 0) is 9.47 Å². The summed E-state index contributed by atoms with van der Waals surface area (Å²) >= 11 is 0. The van der Waals surface area contributed by atoms with E-state index in [-0.39, 0.29) is 11.6 Å². The van der Waals surface area contributed by atoms with Gasteiger partial charge in [-0.15, -0.1) is 0 Å². The number of aryl methyl sites for hydroxylation is 1. The molecule has 0 bridgehead atoms. The molecule has 0 unspecified atom stereocenters. The standard InChI is InChI=1S/C13H20N2O5/c1-8-10(9(2)15-11(8)13(17)18)12(16)14-4-5-20-7-6-19-3/h15H,4-7H2,1-3H3,(H,14,16)(H,17,18). The van der Waals surface area contributed by atoms with E-state index >= 15 is 0 Å². The number of carbonyl (C=O) groups is 2. The highest BCUT2D eigenvalue weighted by Crippen LogP contribution is 2.17. The van der Waals surface area contributed by atoms with Crippen molar-refractivity contribution in [1.29, 1.82) is 0 Å². The minimum absolute atomic E-state index is 0.0454. The van der Waals surface area contributed by atoms with Gasteiger partial charge in [0, 0.05) is 19.3 Å². The third-order valence-corrected chi connectivity index (χ3v) is 2.84. The maximum absolute atomic E-state index is 12.0. The zero-order chi connectivity index (χ0) is 15.1. The van der Waals surface area contributed by atoms with Gasteiger partial charge in [-0.2, -0.15) is 0 Å². The number of carbonyl (C=O) groups excluding carboxylic acids is 1. The normalized spacial score (nSPS) is 10.6. The molecule has 112 valence electrons. The zero-order valence-electron chi connectivity index (χ0n) is 11.9. The van der Waals surface area contributed by atoms with Gasteiger partial charge in [0.05, 0.1) is 25.4 Å². The molecule has 7 heteroatoms. The number of methoxy groups -OCH3 is 1. The van der Waals surface area contributed by atoms with Crippen molar-refractivity contribution in [3.05, 3.63) is 22.5 Å². The lowest BCUT2D eigenvalue weighted by Crippen LogP contribution is -2.28. The van der Waals surface area contributed by atoms with Gasteiger partial charge in [0.2, 0.25) is 0 Å². The number of nitrogens with one attached hydrogen (secondary N) is 2. The molecule has 7 nitrogen and oxygen atoms in total. The van der Waals surface area contributed by atoms with Crippen molar-refractivity contribution in [2.45, 2.75) is 13.8 Å². The fraction of sp³-hybridized carbons (Fsp3) is 0.538. The van der Waals surface area contributed by atoms with Gasteiger partial charge < -0.3 is 24.9 Å². The first-order chi connectivity index (χ1) is 9.49. The molecular weight excluding hydrogens is 264 g/mol. The van der Waals surface area contributed by atoms with Crippen LogP contribution in [0, 0.1) is 13.8 Å². The molecule has 0 aliphatic rings. The molecule has 0 spiro atoms. The van der Waals surface area contributed by atoms with Crippen molar-refractivity contribution >= 4 is 11.9 Å². The van der Waals surface area contributed by atoms with E-state index < -0.39 is 5.97 Å². The average Bonchev–Trinajstić information content (AvgIpc) is 2.69. The number of hydrogen-bond acceptors (Lipinski definition) is 4. The summed E-state index contributed by atoms with van der Waals surface area (Å²) in [6, 6.07) is 0. The van der Waals surface area contributed by atoms with Crippen molar-refractivity contribution in [1.82, 2.24) is 10.3 Å². The first-order valence-corrected chi connectivity index (χ1v) is 6.26. The van der Waals surface area contributed by atoms with Crippen molar-refractivity contribution in [2.75, 3.05) is 33.5 Å². The molecule has 0 atom stereocenters. The first kappa shape index (κ1) is 16.2. The van der Waals surface area contributed by atoms with Crippen LogP contribution in [0.1, 0.15) is 32.1 Å². The highest BCUT2D eigenvalue weighted by molar-refractivity contribution is 6.00. The third kappa shape index (κ3) is 4.07. The molecule has 0 aliphatic carbocycles. The Kier molecular flexibility index (Phi) is 6.20. The van der Waals surface area contributed by atoms with E-state index in [0.717, 1.165) is 0 Å². The lowest BCUT2D eigenvalue weighted by molar-refractivity contribution is 0.0690. The number of carboxylic acids is 1. The average molecular weight is 284 g/mol. The summed E-state index contributed by atoms with van der Waals surface area (Å²) in [5, 5.41) is 11.7. The molecule has 0 aliphatic heterocycles. The second-order valence-corrected chi connectivity index (χ2v) is 4.29. The lowest BCUT2D eigenvalue weighted by Gasteiger charge is -2.07. The smallest absolute Gasteiger partial charge is 0.352 e. The van der Waals surface area contributed by atoms with Gasteiger partial charge >= 0.3 is 5.97 Å². The largest absolute Gasteiger partial charge is 0.477 e. The number of aromatic amines is 1. The van der Waals surface area contributed by atoms with Gasteiger partial charge in [-0.05, 0) is 19.4 Å². The maximum Gasteiger partial charge on any atom is 0.352 e. The zero-order valence-corrected chi connectivity index (χ0v) is 11.9. The summed E-state index contributed by atoms with van der Waals surface area (Å²) in [5.74, 6) is -1.38. The monoisotopic (exact) mass is 284 g/mol. The number of aromatic nitrogens is 1. The SMILES string of the molecule is COCCOCCNC(=O)c1c(C)[nH]c(C(=O)O)c1C. The topological polar surface area (TPSA) is 101 Å². The van der Waals surface area contributed by atoms with Crippen LogP contribution in [0.4, 0.5) is 0 Å². The molecule has 1 heterocycles. The fourth-order valence-corrected chi connectivity index (χ4v) is 1.87. The summed E-state index contributed by atoms with van der Waals surface area (Å²) in [6.45, 7) is 4.99. The van der Waals surface area contributed by atoms with Gasteiger partial charge in [-0.25, -0.2) is 4.79 Å². The van der Waals surface area contributed by atoms with Crippen LogP contribution >= 0.6 is 0 Å². The minimum Gasteiger partial charge on any atom is -0.477 e. The van der Waals surface area contributed by atoms with E-state index in [1.807, 2.05) is 0 Å². The van der Waals surface area contributed by atoms with E-state index in [2.05, 4.69) is 10.3 Å². The molecule has 3 N–H and O–H groups in total. The molecule has 0 radical (unpaired) electrons. The Balaban J connectivity index is 2.54. The summed E-state index contributed by atoms with van der Waals surface area (Å²) in [6.07, 6.45) is 0. The number of ether oxygens (including phenoxy) is 2. The van der Waals surface area contributed by atoms with Gasteiger partial charge in [-0.3, -0.25) is 4.79 Å². The second-order valence-electron chi connectivity index (χ2n) is 4.29. The van der Waals surface area contributed by atoms with Crippen molar-refractivity contribution < 1.29 is 24.2 Å². The van der Waals surface area contributed by atoms with E-state index in [9.17, 15) is 9.59 Å². The van der Waals surface area contributed by atoms with E-state index in [0.29, 0.717) is 43.2 Å². The van der Waals surface area contributed by atoms with Crippen LogP contribution in [0.25, 0.3) is 0 Å². The van der Waals surface area contributed by atoms with Gasteiger partial charge in [-0.1, -0.05) is 0 Å². The predicted octanol–water partition coefficient (Wildman–Crippen LogP) is 0.723. The third-order valence-electron chi connectivity index (χ3n) is 2.84. The Morgan fingerprint density at radius 1 is 1.25 bits per heavy atom. The first-order valence-electron chi connectivity index (χ1n) is 6.26. The summed E-state index contributed by atoms with van der Waals surface area (Å²) in [4.78, 5) is 25.7. The molecule has 0 saturated carbocycles. The Hall–Kier alpha value is -1.86. The fourth-order valence-electron chi connectivity index (χ4n) is 1.87. The summed E-state index contributed by atoms with van der Waals surface area (Å²) in [7, 11) is 1.59. The summed E-state index contributed by atoms with van der Waals surface area (Å²) in [5.41, 5.74) is 1.40. The number of aromatic carboxylic acids is 1. The Morgan fingerprint density at radius 2 is 1.95 bits per heavy atom. The van der Waals surface area contributed by atoms with Crippen LogP contribution < -0.4 is 5.32 Å². The number of carboxylic acid groups (broad SMARTS) is 1. The molecule has 0 fully saturated rings.